The highest BCUT2D eigenvalue weighted by molar-refractivity contribution is 6.31. The second kappa shape index (κ2) is 9.74. The van der Waals surface area contributed by atoms with E-state index < -0.39 is 30.5 Å². The number of ether oxygens (including phenoxy) is 2. The number of aliphatic hydroxyl groups is 2. The van der Waals surface area contributed by atoms with Crippen molar-refractivity contribution in [2.24, 2.45) is 0 Å². The van der Waals surface area contributed by atoms with Gasteiger partial charge in [0, 0.05) is 24.4 Å². The standard InChI is InChI=1S/C22H22ClFN4O5/c1-32-15-6-18-21(22(26-11-25-18)27-12-2-3-17(24)16(23)4-12)19(7-15)33-10-13-5-14(30)8-28(13)20(31)9-29/h2-4,6-7,11,13-14,29-30H,5,8-10H2,1H3,(H,25,26,27)/t13-,14+/m1/s1. The number of methoxy groups -OCH3 is 1. The van der Waals surface area contributed by atoms with Crippen molar-refractivity contribution < 1.29 is 28.9 Å². The van der Waals surface area contributed by atoms with Gasteiger partial charge in [0.1, 0.15) is 42.7 Å². The molecule has 1 saturated heterocycles. The van der Waals surface area contributed by atoms with Crippen LogP contribution in [-0.4, -0.2) is 70.0 Å². The van der Waals surface area contributed by atoms with Crippen LogP contribution in [0.25, 0.3) is 10.9 Å². The topological polar surface area (TPSA) is 117 Å². The van der Waals surface area contributed by atoms with Crippen molar-refractivity contribution in [3.05, 3.63) is 47.5 Å². The number of aromatic nitrogens is 2. The molecule has 0 unspecified atom stereocenters. The van der Waals surface area contributed by atoms with E-state index in [-0.39, 0.29) is 18.2 Å². The Labute approximate surface area is 193 Å². The van der Waals surface area contributed by atoms with Crippen LogP contribution in [0.4, 0.5) is 15.9 Å². The van der Waals surface area contributed by atoms with Crippen LogP contribution in [0.1, 0.15) is 6.42 Å². The van der Waals surface area contributed by atoms with E-state index >= 15 is 0 Å². The molecule has 2 aromatic carbocycles. The summed E-state index contributed by atoms with van der Waals surface area (Å²) in [6.07, 6.45) is 0.997. The van der Waals surface area contributed by atoms with Crippen LogP contribution in [0.3, 0.4) is 0 Å². The van der Waals surface area contributed by atoms with Gasteiger partial charge in [0.25, 0.3) is 0 Å². The minimum atomic E-state index is -0.695. The molecule has 2 atom stereocenters. The monoisotopic (exact) mass is 476 g/mol. The summed E-state index contributed by atoms with van der Waals surface area (Å²) in [6.45, 7) is -0.442. The first-order valence-corrected chi connectivity index (χ1v) is 10.5. The van der Waals surface area contributed by atoms with Gasteiger partial charge in [-0.25, -0.2) is 14.4 Å². The summed E-state index contributed by atoms with van der Waals surface area (Å²) in [5.74, 6) is 0.272. The number of hydrogen-bond donors (Lipinski definition) is 3. The number of likely N-dealkylation sites (tertiary alicyclic amines) is 1. The maximum absolute atomic E-state index is 13.5. The van der Waals surface area contributed by atoms with Gasteiger partial charge >= 0.3 is 0 Å². The lowest BCUT2D eigenvalue weighted by Gasteiger charge is -2.24. The molecule has 1 amide bonds. The largest absolute Gasteiger partial charge is 0.497 e. The number of hydrogen-bond acceptors (Lipinski definition) is 8. The fourth-order valence-electron chi connectivity index (χ4n) is 3.80. The molecule has 1 aromatic heterocycles. The normalized spacial score (nSPS) is 17.9. The van der Waals surface area contributed by atoms with Crippen molar-refractivity contribution in [3.63, 3.8) is 0 Å². The predicted octanol–water partition coefficient (Wildman–Crippen LogP) is 2.51. The van der Waals surface area contributed by atoms with Gasteiger partial charge in [-0.05, 0) is 24.6 Å². The van der Waals surface area contributed by atoms with Crippen LogP contribution in [0, 0.1) is 5.82 Å². The fraction of sp³-hybridized carbons (Fsp3) is 0.318. The van der Waals surface area contributed by atoms with Crippen LogP contribution in [0.5, 0.6) is 11.5 Å². The van der Waals surface area contributed by atoms with Gasteiger partial charge in [-0.2, -0.15) is 0 Å². The number of rotatable bonds is 7. The van der Waals surface area contributed by atoms with E-state index in [0.29, 0.717) is 40.3 Å². The van der Waals surface area contributed by atoms with Crippen molar-refractivity contribution in [2.45, 2.75) is 18.6 Å². The minimum absolute atomic E-state index is 0.0371. The predicted molar refractivity (Wildman–Crippen MR) is 119 cm³/mol. The van der Waals surface area contributed by atoms with Crippen LogP contribution in [-0.2, 0) is 4.79 Å². The third-order valence-corrected chi connectivity index (χ3v) is 5.66. The van der Waals surface area contributed by atoms with E-state index in [1.807, 2.05) is 0 Å². The summed E-state index contributed by atoms with van der Waals surface area (Å²) in [4.78, 5) is 22.0. The number of nitrogens with zero attached hydrogens (tertiary/aromatic N) is 3. The number of carbonyl (C=O) groups excluding carboxylic acids is 1. The van der Waals surface area contributed by atoms with E-state index in [2.05, 4.69) is 15.3 Å². The molecule has 0 aliphatic carbocycles. The van der Waals surface area contributed by atoms with E-state index in [4.69, 9.17) is 21.1 Å². The Hall–Kier alpha value is -3.21. The number of benzene rings is 2. The van der Waals surface area contributed by atoms with Gasteiger partial charge in [0.15, 0.2) is 0 Å². The van der Waals surface area contributed by atoms with Gasteiger partial charge in [-0.3, -0.25) is 4.79 Å². The summed E-state index contributed by atoms with van der Waals surface area (Å²) in [5, 5.41) is 22.8. The first kappa shape index (κ1) is 23.0. The summed E-state index contributed by atoms with van der Waals surface area (Å²) in [6, 6.07) is 7.17. The number of fused-ring (bicyclic) bond motifs is 1. The van der Waals surface area contributed by atoms with E-state index in [1.165, 1.54) is 36.5 Å². The number of halogens is 2. The van der Waals surface area contributed by atoms with Crippen molar-refractivity contribution in [3.8, 4) is 11.5 Å². The van der Waals surface area contributed by atoms with Crippen LogP contribution >= 0.6 is 11.6 Å². The lowest BCUT2D eigenvalue weighted by molar-refractivity contribution is -0.135. The highest BCUT2D eigenvalue weighted by Crippen LogP contribution is 2.36. The van der Waals surface area contributed by atoms with E-state index in [9.17, 15) is 19.4 Å². The van der Waals surface area contributed by atoms with Crippen LogP contribution < -0.4 is 14.8 Å². The lowest BCUT2D eigenvalue weighted by Crippen LogP contribution is -2.40. The number of carbonyl (C=O) groups is 1. The molecule has 1 fully saturated rings. The van der Waals surface area contributed by atoms with E-state index in [1.54, 1.807) is 12.1 Å². The summed E-state index contributed by atoms with van der Waals surface area (Å²) >= 11 is 5.90. The van der Waals surface area contributed by atoms with Gasteiger partial charge in [0.2, 0.25) is 5.91 Å². The molecule has 11 heteroatoms. The van der Waals surface area contributed by atoms with Crippen LogP contribution in [0.15, 0.2) is 36.7 Å². The molecule has 3 N–H and O–H groups in total. The molecule has 174 valence electrons. The zero-order valence-electron chi connectivity index (χ0n) is 17.7. The number of aliphatic hydroxyl groups excluding tert-OH is 2. The van der Waals surface area contributed by atoms with Gasteiger partial charge in [0.05, 0.1) is 35.2 Å². The highest BCUT2D eigenvalue weighted by atomic mass is 35.5. The second-order valence-electron chi connectivity index (χ2n) is 7.55. The molecule has 3 aromatic rings. The van der Waals surface area contributed by atoms with Gasteiger partial charge < -0.3 is 29.9 Å². The molecule has 0 spiro atoms. The Morgan fingerprint density at radius 1 is 1.33 bits per heavy atom. The molecular weight excluding hydrogens is 455 g/mol. The molecule has 9 nitrogen and oxygen atoms in total. The Morgan fingerprint density at radius 3 is 2.88 bits per heavy atom. The molecule has 0 radical (unpaired) electrons. The third kappa shape index (κ3) is 4.92. The molecule has 1 aliphatic heterocycles. The summed E-state index contributed by atoms with van der Waals surface area (Å²) in [7, 11) is 1.51. The van der Waals surface area contributed by atoms with E-state index in [0.717, 1.165) is 0 Å². The number of nitrogens with one attached hydrogen (secondary N) is 1. The Morgan fingerprint density at radius 2 is 2.15 bits per heavy atom. The lowest BCUT2D eigenvalue weighted by atomic mass is 10.1. The molecule has 0 saturated carbocycles. The third-order valence-electron chi connectivity index (χ3n) is 5.37. The average Bonchev–Trinajstić information content (AvgIpc) is 3.19. The number of anilines is 2. The van der Waals surface area contributed by atoms with Crippen molar-refractivity contribution in [1.29, 1.82) is 0 Å². The first-order chi connectivity index (χ1) is 15.9. The molecule has 2 heterocycles. The molecule has 0 bridgehead atoms. The fourth-order valence-corrected chi connectivity index (χ4v) is 3.98. The maximum Gasteiger partial charge on any atom is 0.248 e. The SMILES string of the molecule is COc1cc(OC[C@H]2C[C@H](O)CN2C(=O)CO)c2c(Nc3ccc(F)c(Cl)c3)ncnc2c1. The highest BCUT2D eigenvalue weighted by Gasteiger charge is 2.34. The maximum atomic E-state index is 13.5. The Bertz CT molecular complexity index is 1180. The quantitative estimate of drug-likeness (QED) is 0.476. The smallest absolute Gasteiger partial charge is 0.248 e. The van der Waals surface area contributed by atoms with Crippen molar-refractivity contribution in [1.82, 2.24) is 14.9 Å². The van der Waals surface area contributed by atoms with Gasteiger partial charge in [-0.1, -0.05) is 11.6 Å². The summed E-state index contributed by atoms with van der Waals surface area (Å²) < 4.78 is 25.0. The van der Waals surface area contributed by atoms with Crippen LogP contribution in [0.2, 0.25) is 5.02 Å². The molecule has 33 heavy (non-hydrogen) atoms. The Balaban J connectivity index is 1.67. The zero-order chi connectivity index (χ0) is 23.5. The van der Waals surface area contributed by atoms with Gasteiger partial charge in [-0.15, -0.1) is 0 Å². The second-order valence-corrected chi connectivity index (χ2v) is 7.96. The first-order valence-electron chi connectivity index (χ1n) is 10.2. The minimum Gasteiger partial charge on any atom is -0.497 e. The van der Waals surface area contributed by atoms with Crippen molar-refractivity contribution in [2.75, 3.05) is 32.2 Å². The van der Waals surface area contributed by atoms with Crippen molar-refractivity contribution >= 4 is 39.9 Å². The molecule has 1 aliphatic rings. The average molecular weight is 477 g/mol. The Kier molecular flexibility index (Phi) is 6.77. The summed E-state index contributed by atoms with van der Waals surface area (Å²) in [5.41, 5.74) is 1.05. The zero-order valence-corrected chi connectivity index (χ0v) is 18.4. The molecule has 4 rings (SSSR count). The molecular formula is C22H22ClFN4O5. The number of amides is 1. The number of β-amino-alcohol motifs (C(OH)–C–C–N with tert-alkyl or cyclic N) is 1.